The van der Waals surface area contributed by atoms with Crippen molar-refractivity contribution in [3.63, 3.8) is 0 Å². The minimum absolute atomic E-state index is 0.177. The van der Waals surface area contributed by atoms with E-state index in [2.05, 4.69) is 16.2 Å². The number of carboxylic acid groups (broad SMARTS) is 1. The Kier molecular flexibility index (Phi) is 3.29. The Bertz CT molecular complexity index is 433. The molecule has 0 aliphatic rings. The molecule has 2 N–H and O–H groups in total. The van der Waals surface area contributed by atoms with E-state index in [1.165, 1.54) is 0 Å². The largest absolute Gasteiger partial charge is 0.478 e. The van der Waals surface area contributed by atoms with Gasteiger partial charge in [0.05, 0.1) is 6.54 Å². The molecular formula is C11H12N2O2. The van der Waals surface area contributed by atoms with Gasteiger partial charge in [-0.2, -0.15) is 0 Å². The number of hydrogen-bond acceptors (Lipinski definition) is 3. The topological polar surface area (TPSA) is 62.2 Å². The molecule has 0 unspecified atom stereocenters. The Balaban J connectivity index is 3.22. The van der Waals surface area contributed by atoms with Crippen molar-refractivity contribution in [1.29, 1.82) is 0 Å². The summed E-state index contributed by atoms with van der Waals surface area (Å²) in [5, 5.41) is 11.8. The quantitative estimate of drug-likeness (QED) is 0.731. The summed E-state index contributed by atoms with van der Waals surface area (Å²) in [6.07, 6.45) is 5.09. The molecule has 1 aromatic heterocycles. The van der Waals surface area contributed by atoms with Crippen molar-refractivity contribution >= 4 is 11.8 Å². The second kappa shape index (κ2) is 4.47. The summed E-state index contributed by atoms with van der Waals surface area (Å²) in [7, 11) is 0. The van der Waals surface area contributed by atoms with E-state index in [1.54, 1.807) is 19.9 Å². The molecule has 0 saturated heterocycles. The second-order valence-corrected chi connectivity index (χ2v) is 3.17. The Labute approximate surface area is 88.3 Å². The van der Waals surface area contributed by atoms with Gasteiger partial charge in [-0.25, -0.2) is 9.78 Å². The predicted octanol–water partition coefficient (Wildman–Crippen LogP) is 1.44. The summed E-state index contributed by atoms with van der Waals surface area (Å²) >= 11 is 0. The van der Waals surface area contributed by atoms with Gasteiger partial charge in [-0.15, -0.1) is 6.42 Å². The summed E-state index contributed by atoms with van der Waals surface area (Å²) in [6.45, 7) is 3.80. The second-order valence-electron chi connectivity index (χ2n) is 3.17. The number of carbonyl (C=O) groups is 1. The molecule has 4 nitrogen and oxygen atoms in total. The third-order valence-electron chi connectivity index (χ3n) is 1.92. The number of aromatic nitrogens is 1. The van der Waals surface area contributed by atoms with Crippen LogP contribution in [0.15, 0.2) is 6.07 Å². The van der Waals surface area contributed by atoms with Gasteiger partial charge in [0.25, 0.3) is 0 Å². The number of nitrogens with one attached hydrogen (secondary N) is 1. The summed E-state index contributed by atoms with van der Waals surface area (Å²) in [5.74, 6) is 1.71. The van der Waals surface area contributed by atoms with Crippen LogP contribution in [-0.4, -0.2) is 22.6 Å². The maximum atomic E-state index is 11.0. The summed E-state index contributed by atoms with van der Waals surface area (Å²) < 4.78 is 0. The first kappa shape index (κ1) is 11.1. The molecule has 0 bridgehead atoms. The molecule has 0 atom stereocenters. The predicted molar refractivity (Wildman–Crippen MR) is 58.0 cm³/mol. The maximum absolute atomic E-state index is 11.0. The van der Waals surface area contributed by atoms with Crippen LogP contribution < -0.4 is 5.32 Å². The number of carboxylic acids is 1. The van der Waals surface area contributed by atoms with E-state index in [4.69, 9.17) is 11.5 Å². The smallest absolute Gasteiger partial charge is 0.339 e. The van der Waals surface area contributed by atoms with Crippen molar-refractivity contribution < 1.29 is 9.90 Å². The minimum Gasteiger partial charge on any atom is -0.478 e. The molecule has 0 radical (unpaired) electrons. The van der Waals surface area contributed by atoms with Crippen LogP contribution >= 0.6 is 0 Å². The average molecular weight is 204 g/mol. The first-order valence-electron chi connectivity index (χ1n) is 4.45. The van der Waals surface area contributed by atoms with E-state index in [0.29, 0.717) is 11.4 Å². The minimum atomic E-state index is -1.00. The van der Waals surface area contributed by atoms with Gasteiger partial charge in [0.2, 0.25) is 0 Å². The molecule has 0 saturated carbocycles. The highest BCUT2D eigenvalue weighted by Crippen LogP contribution is 2.18. The monoisotopic (exact) mass is 204 g/mol. The standard InChI is InChI=1S/C11H12N2O2/c1-4-5-12-10-9(11(14)15)7(2)6-8(3)13-10/h1,6H,5H2,2-3H3,(H,12,13)(H,14,15). The molecule has 0 aliphatic heterocycles. The third kappa shape index (κ3) is 2.47. The van der Waals surface area contributed by atoms with Gasteiger partial charge in [-0.3, -0.25) is 0 Å². The van der Waals surface area contributed by atoms with E-state index in [0.717, 1.165) is 5.69 Å². The highest BCUT2D eigenvalue weighted by molar-refractivity contribution is 5.94. The van der Waals surface area contributed by atoms with Crippen molar-refractivity contribution in [3.05, 3.63) is 22.9 Å². The molecule has 1 rings (SSSR count). The van der Waals surface area contributed by atoms with E-state index in [-0.39, 0.29) is 12.1 Å². The molecular weight excluding hydrogens is 192 g/mol. The first-order valence-corrected chi connectivity index (χ1v) is 4.45. The van der Waals surface area contributed by atoms with E-state index < -0.39 is 5.97 Å². The van der Waals surface area contributed by atoms with Crippen molar-refractivity contribution in [1.82, 2.24) is 4.98 Å². The van der Waals surface area contributed by atoms with Crippen LogP contribution in [0.25, 0.3) is 0 Å². The normalized spacial score (nSPS) is 9.40. The van der Waals surface area contributed by atoms with E-state index >= 15 is 0 Å². The first-order chi connectivity index (χ1) is 7.06. The lowest BCUT2D eigenvalue weighted by Crippen LogP contribution is -2.11. The number of rotatable bonds is 3. The van der Waals surface area contributed by atoms with Crippen LogP contribution in [0.1, 0.15) is 21.6 Å². The van der Waals surface area contributed by atoms with Crippen LogP contribution in [0.3, 0.4) is 0 Å². The lowest BCUT2D eigenvalue weighted by molar-refractivity contribution is 0.0697. The van der Waals surface area contributed by atoms with Crippen molar-refractivity contribution in [2.24, 2.45) is 0 Å². The number of terminal acetylenes is 1. The number of aromatic carboxylic acids is 1. The van der Waals surface area contributed by atoms with Crippen LogP contribution in [-0.2, 0) is 0 Å². The highest BCUT2D eigenvalue weighted by Gasteiger charge is 2.14. The molecule has 0 spiro atoms. The molecule has 4 heteroatoms. The zero-order valence-corrected chi connectivity index (χ0v) is 8.66. The molecule has 0 fully saturated rings. The molecule has 0 amide bonds. The maximum Gasteiger partial charge on any atom is 0.339 e. The molecule has 15 heavy (non-hydrogen) atoms. The van der Waals surface area contributed by atoms with Gasteiger partial charge >= 0.3 is 5.97 Å². The third-order valence-corrected chi connectivity index (χ3v) is 1.92. The Morgan fingerprint density at radius 2 is 2.33 bits per heavy atom. The number of hydrogen-bond donors (Lipinski definition) is 2. The lowest BCUT2D eigenvalue weighted by atomic mass is 10.1. The number of anilines is 1. The van der Waals surface area contributed by atoms with E-state index in [9.17, 15) is 4.79 Å². The van der Waals surface area contributed by atoms with Crippen molar-refractivity contribution in [3.8, 4) is 12.3 Å². The number of nitrogens with zero attached hydrogens (tertiary/aromatic N) is 1. The van der Waals surface area contributed by atoms with Crippen molar-refractivity contribution in [2.75, 3.05) is 11.9 Å². The highest BCUT2D eigenvalue weighted by atomic mass is 16.4. The fourth-order valence-electron chi connectivity index (χ4n) is 1.37. The molecule has 1 heterocycles. The number of pyridine rings is 1. The Morgan fingerprint density at radius 1 is 1.67 bits per heavy atom. The van der Waals surface area contributed by atoms with Crippen molar-refractivity contribution in [2.45, 2.75) is 13.8 Å². The SMILES string of the molecule is C#CCNc1nc(C)cc(C)c1C(=O)O. The summed E-state index contributed by atoms with van der Waals surface area (Å²) in [6, 6.07) is 1.73. The number of aryl methyl sites for hydroxylation is 2. The fraction of sp³-hybridized carbons (Fsp3) is 0.273. The van der Waals surface area contributed by atoms with Gasteiger partial charge in [0, 0.05) is 5.69 Å². The van der Waals surface area contributed by atoms with Crippen LogP contribution in [0, 0.1) is 26.2 Å². The summed E-state index contributed by atoms with van der Waals surface area (Å²) in [5.41, 5.74) is 1.61. The Hall–Kier alpha value is -2.02. The molecule has 0 aromatic carbocycles. The van der Waals surface area contributed by atoms with Gasteiger partial charge in [0.1, 0.15) is 11.4 Å². The molecule has 0 aliphatic carbocycles. The van der Waals surface area contributed by atoms with Crippen LogP contribution in [0.5, 0.6) is 0 Å². The fourth-order valence-corrected chi connectivity index (χ4v) is 1.37. The van der Waals surface area contributed by atoms with Crippen LogP contribution in [0.2, 0.25) is 0 Å². The Morgan fingerprint density at radius 3 is 2.87 bits per heavy atom. The van der Waals surface area contributed by atoms with Gasteiger partial charge in [-0.1, -0.05) is 5.92 Å². The zero-order valence-electron chi connectivity index (χ0n) is 8.66. The molecule has 1 aromatic rings. The summed E-state index contributed by atoms with van der Waals surface area (Å²) in [4.78, 5) is 15.1. The van der Waals surface area contributed by atoms with Gasteiger partial charge in [0.15, 0.2) is 0 Å². The molecule has 78 valence electrons. The van der Waals surface area contributed by atoms with E-state index in [1.807, 2.05) is 0 Å². The zero-order chi connectivity index (χ0) is 11.4. The van der Waals surface area contributed by atoms with Gasteiger partial charge in [-0.05, 0) is 25.5 Å². The average Bonchev–Trinajstić information content (AvgIpc) is 2.12. The lowest BCUT2D eigenvalue weighted by Gasteiger charge is -2.09. The van der Waals surface area contributed by atoms with Gasteiger partial charge < -0.3 is 10.4 Å². The van der Waals surface area contributed by atoms with Crippen LogP contribution in [0.4, 0.5) is 5.82 Å².